The van der Waals surface area contributed by atoms with E-state index in [9.17, 15) is 22.8 Å². The van der Waals surface area contributed by atoms with Crippen molar-refractivity contribution >= 4 is 11.8 Å². The van der Waals surface area contributed by atoms with Crippen LogP contribution < -0.4 is 4.74 Å². The van der Waals surface area contributed by atoms with Crippen LogP contribution in [0.15, 0.2) is 60.7 Å². The van der Waals surface area contributed by atoms with Gasteiger partial charge in [0.25, 0.3) is 11.8 Å². The summed E-state index contributed by atoms with van der Waals surface area (Å²) in [5.41, 5.74) is 1.84. The van der Waals surface area contributed by atoms with Gasteiger partial charge < -0.3 is 19.3 Å². The molecule has 9 heteroatoms. The Kier molecular flexibility index (Phi) is 9.68. The molecule has 0 bridgehead atoms. The van der Waals surface area contributed by atoms with Crippen LogP contribution in [0.4, 0.5) is 13.2 Å². The molecule has 0 unspecified atom stereocenters. The predicted molar refractivity (Wildman–Crippen MR) is 155 cm³/mol. The lowest BCUT2D eigenvalue weighted by molar-refractivity contribution is -0.0593. The minimum Gasteiger partial charge on any atom is -0.488 e. The first-order valence-corrected chi connectivity index (χ1v) is 14.6. The third-order valence-electron chi connectivity index (χ3n) is 7.74. The molecule has 0 radical (unpaired) electrons. The van der Waals surface area contributed by atoms with E-state index in [-0.39, 0.29) is 24.7 Å². The molecule has 2 fully saturated rings. The van der Waals surface area contributed by atoms with E-state index in [1.165, 1.54) is 11.8 Å². The quantitative estimate of drug-likeness (QED) is 0.268. The molecule has 43 heavy (non-hydrogen) atoms. The number of carbonyl (C=O) groups is 2. The SMILES string of the molecule is CCOc1c(F)c(F)cc(C(=O)N2CCC(OC3CCN(C(=O)c4ccc(C#Cc5ccccc5)cc4)CC3)CC2)c1F. The lowest BCUT2D eigenvalue weighted by Gasteiger charge is -2.37. The Hall–Kier alpha value is -4.29. The van der Waals surface area contributed by atoms with Crippen LogP contribution in [0.2, 0.25) is 0 Å². The van der Waals surface area contributed by atoms with E-state index >= 15 is 0 Å². The summed E-state index contributed by atoms with van der Waals surface area (Å²) in [5.74, 6) is 0.650. The van der Waals surface area contributed by atoms with Gasteiger partial charge in [0.05, 0.1) is 24.4 Å². The van der Waals surface area contributed by atoms with E-state index in [0.29, 0.717) is 63.5 Å². The Morgan fingerprint density at radius 2 is 1.30 bits per heavy atom. The molecule has 0 N–H and O–H groups in total. The van der Waals surface area contributed by atoms with Crippen LogP contribution in [0.1, 0.15) is 64.4 Å². The Morgan fingerprint density at radius 1 is 0.767 bits per heavy atom. The van der Waals surface area contributed by atoms with Gasteiger partial charge in [-0.05, 0) is 75.1 Å². The zero-order valence-corrected chi connectivity index (χ0v) is 24.0. The van der Waals surface area contributed by atoms with Crippen molar-refractivity contribution in [3.05, 3.63) is 100 Å². The van der Waals surface area contributed by atoms with Gasteiger partial charge in [0.15, 0.2) is 17.4 Å². The Balaban J connectivity index is 1.08. The van der Waals surface area contributed by atoms with Gasteiger partial charge in [0, 0.05) is 42.9 Å². The molecule has 3 aromatic carbocycles. The van der Waals surface area contributed by atoms with Crippen LogP contribution in [0.5, 0.6) is 5.75 Å². The van der Waals surface area contributed by atoms with E-state index < -0.39 is 34.7 Å². The molecule has 0 saturated carbocycles. The third kappa shape index (κ3) is 7.20. The molecule has 0 spiro atoms. The Morgan fingerprint density at radius 3 is 1.86 bits per heavy atom. The zero-order chi connectivity index (χ0) is 30.3. The topological polar surface area (TPSA) is 59.1 Å². The molecule has 0 atom stereocenters. The van der Waals surface area contributed by atoms with Crippen molar-refractivity contribution < 1.29 is 32.2 Å². The molecule has 224 valence electrons. The first kappa shape index (κ1) is 30.2. The van der Waals surface area contributed by atoms with E-state index in [1.54, 1.807) is 12.1 Å². The molecule has 2 aliphatic heterocycles. The van der Waals surface area contributed by atoms with Gasteiger partial charge in [-0.25, -0.2) is 8.78 Å². The summed E-state index contributed by atoms with van der Waals surface area (Å²) in [6.45, 7) is 3.20. The van der Waals surface area contributed by atoms with Crippen LogP contribution in [0.25, 0.3) is 0 Å². The van der Waals surface area contributed by atoms with Crippen LogP contribution in [-0.2, 0) is 4.74 Å². The molecule has 5 rings (SSSR count). The van der Waals surface area contributed by atoms with Crippen molar-refractivity contribution in [2.24, 2.45) is 0 Å². The number of carbonyl (C=O) groups excluding carboxylic acids is 2. The van der Waals surface area contributed by atoms with Gasteiger partial charge >= 0.3 is 0 Å². The summed E-state index contributed by atoms with van der Waals surface area (Å²) in [6.07, 6.45) is 2.37. The molecule has 2 heterocycles. The lowest BCUT2D eigenvalue weighted by atomic mass is 10.0. The fraction of sp³-hybridized carbons (Fsp3) is 0.353. The van der Waals surface area contributed by atoms with E-state index in [1.807, 2.05) is 47.4 Å². The molecule has 2 saturated heterocycles. The molecule has 3 aromatic rings. The summed E-state index contributed by atoms with van der Waals surface area (Å²) in [7, 11) is 0. The maximum Gasteiger partial charge on any atom is 0.257 e. The molecular weight excluding hydrogens is 557 g/mol. The van der Waals surface area contributed by atoms with Crippen LogP contribution >= 0.6 is 0 Å². The van der Waals surface area contributed by atoms with E-state index in [2.05, 4.69) is 11.8 Å². The van der Waals surface area contributed by atoms with Gasteiger partial charge in [-0.3, -0.25) is 9.59 Å². The highest BCUT2D eigenvalue weighted by Crippen LogP contribution is 2.29. The molecule has 0 aliphatic carbocycles. The molecule has 6 nitrogen and oxygen atoms in total. The lowest BCUT2D eigenvalue weighted by Crippen LogP contribution is -2.45. The van der Waals surface area contributed by atoms with Gasteiger partial charge in [-0.15, -0.1) is 0 Å². The van der Waals surface area contributed by atoms with Gasteiger partial charge in [0.1, 0.15) is 0 Å². The van der Waals surface area contributed by atoms with Crippen LogP contribution in [-0.4, -0.2) is 66.6 Å². The first-order chi connectivity index (χ1) is 20.8. The molecule has 2 amide bonds. The highest BCUT2D eigenvalue weighted by Gasteiger charge is 2.32. The molecular formula is C34H33F3N2O4. The Labute approximate surface area is 249 Å². The number of hydrogen-bond donors (Lipinski definition) is 0. The molecule has 2 aliphatic rings. The van der Waals surface area contributed by atoms with Crippen LogP contribution in [0.3, 0.4) is 0 Å². The largest absolute Gasteiger partial charge is 0.488 e. The fourth-order valence-electron chi connectivity index (χ4n) is 5.38. The fourth-order valence-corrected chi connectivity index (χ4v) is 5.38. The number of likely N-dealkylation sites (tertiary alicyclic amines) is 2. The van der Waals surface area contributed by atoms with E-state index in [4.69, 9.17) is 9.47 Å². The normalized spacial score (nSPS) is 16.0. The number of benzene rings is 3. The number of halogens is 3. The number of ether oxygens (including phenoxy) is 2. The van der Waals surface area contributed by atoms with Crippen molar-refractivity contribution in [1.82, 2.24) is 9.80 Å². The van der Waals surface area contributed by atoms with Gasteiger partial charge in [-0.2, -0.15) is 4.39 Å². The smallest absolute Gasteiger partial charge is 0.257 e. The minimum absolute atomic E-state index is 0.00988. The number of piperidine rings is 2. The summed E-state index contributed by atoms with van der Waals surface area (Å²) in [5, 5.41) is 0. The average molecular weight is 591 g/mol. The maximum absolute atomic E-state index is 14.8. The summed E-state index contributed by atoms with van der Waals surface area (Å²) in [6, 6.07) is 17.6. The molecule has 0 aromatic heterocycles. The third-order valence-corrected chi connectivity index (χ3v) is 7.74. The average Bonchev–Trinajstić information content (AvgIpc) is 3.04. The van der Waals surface area contributed by atoms with Crippen molar-refractivity contribution in [2.45, 2.75) is 44.8 Å². The Bertz CT molecular complexity index is 1500. The van der Waals surface area contributed by atoms with Gasteiger partial charge in [-0.1, -0.05) is 30.0 Å². The second-order valence-corrected chi connectivity index (χ2v) is 10.6. The maximum atomic E-state index is 14.8. The standard InChI is InChI=1S/C34H33F3N2O4/c1-2-42-32-30(36)28(22-29(35)31(32)37)34(41)39-20-16-27(17-21-39)43-26-14-18-38(19-15-26)33(40)25-12-10-24(11-13-25)9-8-23-6-4-3-5-7-23/h3-7,10-13,22,26-27H,2,14-21H2,1H3. The van der Waals surface area contributed by atoms with E-state index in [0.717, 1.165) is 11.1 Å². The van der Waals surface area contributed by atoms with Crippen molar-refractivity contribution in [3.63, 3.8) is 0 Å². The minimum atomic E-state index is -1.45. The summed E-state index contributed by atoms with van der Waals surface area (Å²) < 4.78 is 53.9. The predicted octanol–water partition coefficient (Wildman–Crippen LogP) is 5.83. The van der Waals surface area contributed by atoms with Gasteiger partial charge in [0.2, 0.25) is 5.82 Å². The number of nitrogens with zero attached hydrogens (tertiary/aromatic N) is 2. The summed E-state index contributed by atoms with van der Waals surface area (Å²) >= 11 is 0. The second kappa shape index (κ2) is 13.8. The zero-order valence-electron chi connectivity index (χ0n) is 24.0. The number of hydrogen-bond acceptors (Lipinski definition) is 4. The second-order valence-electron chi connectivity index (χ2n) is 10.6. The number of amides is 2. The van der Waals surface area contributed by atoms with Crippen molar-refractivity contribution in [1.29, 1.82) is 0 Å². The monoisotopic (exact) mass is 590 g/mol. The summed E-state index contributed by atoms with van der Waals surface area (Å²) in [4.78, 5) is 29.2. The van der Waals surface area contributed by atoms with Crippen molar-refractivity contribution in [2.75, 3.05) is 32.8 Å². The van der Waals surface area contributed by atoms with Crippen LogP contribution in [0, 0.1) is 29.3 Å². The highest BCUT2D eigenvalue weighted by molar-refractivity contribution is 5.95. The highest BCUT2D eigenvalue weighted by atomic mass is 19.2. The number of rotatable bonds is 6. The first-order valence-electron chi connectivity index (χ1n) is 14.6. The van der Waals surface area contributed by atoms with Crippen molar-refractivity contribution in [3.8, 4) is 17.6 Å².